The van der Waals surface area contributed by atoms with Crippen LogP contribution in [-0.2, 0) is 9.84 Å². The van der Waals surface area contributed by atoms with Gasteiger partial charge in [-0.3, -0.25) is 0 Å². The maximum Gasteiger partial charge on any atom is 0.199 e. The Hall–Kier alpha value is -1.65. The third-order valence-corrected chi connectivity index (χ3v) is 4.13. The molecule has 0 fully saturated rings. The van der Waals surface area contributed by atoms with Gasteiger partial charge in [0, 0.05) is 10.4 Å². The standard InChI is InChI=1S/C14H10ClFO2S/c15-12-3-1-11(2-4-12)9-10-19(17,18)14-7-5-13(16)6-8-14/h1-10H/b10-9+. The molecule has 0 N–H and O–H groups in total. The summed E-state index contributed by atoms with van der Waals surface area (Å²) < 4.78 is 36.6. The molecule has 2 rings (SSSR count). The van der Waals surface area contributed by atoms with Crippen LogP contribution in [0.25, 0.3) is 6.08 Å². The number of hydrogen-bond donors (Lipinski definition) is 0. The lowest BCUT2D eigenvalue weighted by atomic mass is 10.2. The van der Waals surface area contributed by atoms with Crippen molar-refractivity contribution in [2.75, 3.05) is 0 Å². The lowest BCUT2D eigenvalue weighted by Gasteiger charge is -1.99. The van der Waals surface area contributed by atoms with Gasteiger partial charge in [-0.25, -0.2) is 12.8 Å². The largest absolute Gasteiger partial charge is 0.219 e. The van der Waals surface area contributed by atoms with E-state index < -0.39 is 15.7 Å². The minimum Gasteiger partial charge on any atom is -0.219 e. The van der Waals surface area contributed by atoms with Crippen LogP contribution in [0.2, 0.25) is 5.02 Å². The lowest BCUT2D eigenvalue weighted by Crippen LogP contribution is -1.95. The maximum atomic E-state index is 12.7. The zero-order valence-corrected chi connectivity index (χ0v) is 11.3. The van der Waals surface area contributed by atoms with Gasteiger partial charge in [-0.2, -0.15) is 0 Å². The third kappa shape index (κ3) is 3.66. The van der Waals surface area contributed by atoms with Crippen molar-refractivity contribution >= 4 is 27.5 Å². The van der Waals surface area contributed by atoms with E-state index in [-0.39, 0.29) is 4.90 Å². The van der Waals surface area contributed by atoms with Gasteiger partial charge in [-0.05, 0) is 48.0 Å². The lowest BCUT2D eigenvalue weighted by molar-refractivity contribution is 0.603. The molecule has 2 nitrogen and oxygen atoms in total. The molecule has 0 aliphatic heterocycles. The fraction of sp³-hybridized carbons (Fsp3) is 0. The van der Waals surface area contributed by atoms with Crippen LogP contribution in [0.1, 0.15) is 5.56 Å². The van der Waals surface area contributed by atoms with Gasteiger partial charge >= 0.3 is 0 Å². The second kappa shape index (κ2) is 5.55. The highest BCUT2D eigenvalue weighted by atomic mass is 35.5. The first-order valence-electron chi connectivity index (χ1n) is 5.42. The van der Waals surface area contributed by atoms with Gasteiger partial charge in [0.25, 0.3) is 0 Å². The van der Waals surface area contributed by atoms with Gasteiger partial charge in [0.2, 0.25) is 0 Å². The van der Waals surface area contributed by atoms with Crippen LogP contribution in [0.3, 0.4) is 0 Å². The van der Waals surface area contributed by atoms with Crippen molar-refractivity contribution in [1.29, 1.82) is 0 Å². The topological polar surface area (TPSA) is 34.1 Å². The molecule has 2 aromatic rings. The smallest absolute Gasteiger partial charge is 0.199 e. The fourth-order valence-corrected chi connectivity index (χ4v) is 2.58. The predicted octanol–water partition coefficient (Wildman–Crippen LogP) is 3.92. The predicted molar refractivity (Wildman–Crippen MR) is 74.1 cm³/mol. The fourth-order valence-electron chi connectivity index (χ4n) is 1.44. The molecular weight excluding hydrogens is 287 g/mol. The van der Waals surface area contributed by atoms with E-state index in [2.05, 4.69) is 0 Å². The van der Waals surface area contributed by atoms with Crippen LogP contribution >= 0.6 is 11.6 Å². The van der Waals surface area contributed by atoms with Crippen molar-refractivity contribution in [2.24, 2.45) is 0 Å². The van der Waals surface area contributed by atoms with Crippen molar-refractivity contribution in [2.45, 2.75) is 4.90 Å². The Bertz CT molecular complexity index is 689. The third-order valence-electron chi connectivity index (χ3n) is 2.45. The van der Waals surface area contributed by atoms with Crippen LogP contribution in [0.5, 0.6) is 0 Å². The molecule has 0 aliphatic carbocycles. The van der Waals surface area contributed by atoms with E-state index in [1.807, 2.05) is 0 Å². The first-order valence-corrected chi connectivity index (χ1v) is 7.34. The van der Waals surface area contributed by atoms with Crippen molar-refractivity contribution in [1.82, 2.24) is 0 Å². The molecule has 0 atom stereocenters. The molecular formula is C14H10ClFO2S. The number of benzene rings is 2. The van der Waals surface area contributed by atoms with Gasteiger partial charge in [-0.15, -0.1) is 0 Å². The first kappa shape index (κ1) is 13.8. The molecule has 0 bridgehead atoms. The van der Waals surface area contributed by atoms with E-state index in [1.165, 1.54) is 18.2 Å². The Morgan fingerprint density at radius 2 is 1.53 bits per heavy atom. The number of sulfone groups is 1. The highest BCUT2D eigenvalue weighted by Gasteiger charge is 2.09. The Morgan fingerprint density at radius 3 is 2.11 bits per heavy atom. The summed E-state index contributed by atoms with van der Waals surface area (Å²) in [4.78, 5) is 0.0547. The summed E-state index contributed by atoms with van der Waals surface area (Å²) in [5.74, 6) is -0.472. The quantitative estimate of drug-likeness (QED) is 0.804. The number of hydrogen-bond acceptors (Lipinski definition) is 2. The van der Waals surface area contributed by atoms with Crippen molar-refractivity contribution in [3.8, 4) is 0 Å². The van der Waals surface area contributed by atoms with Gasteiger partial charge < -0.3 is 0 Å². The van der Waals surface area contributed by atoms with Crippen LogP contribution in [0, 0.1) is 5.82 Å². The molecule has 0 saturated heterocycles. The zero-order chi connectivity index (χ0) is 13.9. The van der Waals surface area contributed by atoms with E-state index in [1.54, 1.807) is 24.3 Å². The molecule has 5 heteroatoms. The van der Waals surface area contributed by atoms with Crippen LogP contribution in [0.15, 0.2) is 58.8 Å². The van der Waals surface area contributed by atoms with E-state index >= 15 is 0 Å². The molecule has 0 spiro atoms. The number of halogens is 2. The van der Waals surface area contributed by atoms with Crippen molar-refractivity contribution in [3.63, 3.8) is 0 Å². The SMILES string of the molecule is O=S(=O)(/C=C/c1ccc(Cl)cc1)c1ccc(F)cc1. The Morgan fingerprint density at radius 1 is 0.947 bits per heavy atom. The molecule has 0 amide bonds. The van der Waals surface area contributed by atoms with Crippen LogP contribution in [-0.4, -0.2) is 8.42 Å². The first-order chi connectivity index (χ1) is 8.97. The van der Waals surface area contributed by atoms with Gasteiger partial charge in [-0.1, -0.05) is 23.7 Å². The molecule has 0 heterocycles. The highest BCUT2D eigenvalue weighted by molar-refractivity contribution is 7.94. The monoisotopic (exact) mass is 296 g/mol. The minimum absolute atomic E-state index is 0.0547. The molecule has 2 aromatic carbocycles. The Kier molecular flexibility index (Phi) is 4.02. The average molecular weight is 297 g/mol. The molecule has 0 saturated carbocycles. The van der Waals surface area contributed by atoms with Crippen molar-refractivity contribution < 1.29 is 12.8 Å². The van der Waals surface area contributed by atoms with Gasteiger partial charge in [0.05, 0.1) is 4.90 Å². The maximum absolute atomic E-state index is 12.7. The summed E-state index contributed by atoms with van der Waals surface area (Å²) >= 11 is 5.73. The summed E-state index contributed by atoms with van der Waals surface area (Å²) in [7, 11) is -3.57. The van der Waals surface area contributed by atoms with E-state index in [4.69, 9.17) is 11.6 Å². The normalized spacial score (nSPS) is 11.9. The molecule has 0 aliphatic rings. The van der Waals surface area contributed by atoms with E-state index in [0.717, 1.165) is 23.1 Å². The Labute approximate surface area is 116 Å². The average Bonchev–Trinajstić information content (AvgIpc) is 2.39. The van der Waals surface area contributed by atoms with E-state index in [0.29, 0.717) is 5.02 Å². The van der Waals surface area contributed by atoms with Crippen LogP contribution in [0.4, 0.5) is 4.39 Å². The minimum atomic E-state index is -3.57. The second-order valence-corrected chi connectivity index (χ2v) is 6.12. The van der Waals surface area contributed by atoms with E-state index in [9.17, 15) is 12.8 Å². The van der Waals surface area contributed by atoms with Gasteiger partial charge in [0.1, 0.15) is 5.82 Å². The zero-order valence-electron chi connectivity index (χ0n) is 9.75. The molecule has 0 unspecified atom stereocenters. The van der Waals surface area contributed by atoms with Crippen molar-refractivity contribution in [3.05, 3.63) is 70.3 Å². The summed E-state index contributed by atoms with van der Waals surface area (Å²) in [5.41, 5.74) is 0.718. The van der Waals surface area contributed by atoms with Crippen LogP contribution < -0.4 is 0 Å². The number of rotatable bonds is 3. The molecule has 98 valence electrons. The summed E-state index contributed by atoms with van der Waals surface area (Å²) in [5, 5.41) is 1.67. The van der Waals surface area contributed by atoms with Gasteiger partial charge in [0.15, 0.2) is 9.84 Å². The molecule has 0 aromatic heterocycles. The molecule has 19 heavy (non-hydrogen) atoms. The summed E-state index contributed by atoms with van der Waals surface area (Å²) in [6.07, 6.45) is 1.47. The Balaban J connectivity index is 2.26. The molecule has 0 radical (unpaired) electrons. The highest BCUT2D eigenvalue weighted by Crippen LogP contribution is 2.16. The second-order valence-electron chi connectivity index (χ2n) is 3.85. The summed E-state index contributed by atoms with van der Waals surface area (Å²) in [6, 6.07) is 11.5. The summed E-state index contributed by atoms with van der Waals surface area (Å²) in [6.45, 7) is 0.